The number of aliphatic carboxylic acids is 1. The summed E-state index contributed by atoms with van der Waals surface area (Å²) in [6.07, 6.45) is -0.581. The number of carboxylic acid groups (broad SMARTS) is 1. The summed E-state index contributed by atoms with van der Waals surface area (Å²) in [7, 11) is 0. The van der Waals surface area contributed by atoms with E-state index in [0.717, 1.165) is 5.56 Å². The molecule has 2 rings (SSSR count). The second kappa shape index (κ2) is 14.8. The Labute approximate surface area is 220 Å². The SMILES string of the molecule is CC(=O)Nc1cccc(CC(=O)N[C@H](C(=O)NC(CC(=O)O)C(=O)CSCc2ccccc2)C(C)C)c1. The van der Waals surface area contributed by atoms with Gasteiger partial charge in [-0.05, 0) is 29.2 Å². The number of hydrogen-bond donors (Lipinski definition) is 4. The number of carbonyl (C=O) groups is 5. The number of benzene rings is 2. The minimum absolute atomic E-state index is 0.0302. The Hall–Kier alpha value is -3.66. The molecule has 0 aliphatic heterocycles. The minimum Gasteiger partial charge on any atom is -0.481 e. The van der Waals surface area contributed by atoms with E-state index in [-0.39, 0.29) is 24.0 Å². The minimum atomic E-state index is -1.21. The average Bonchev–Trinajstić information content (AvgIpc) is 2.82. The molecule has 0 saturated carbocycles. The van der Waals surface area contributed by atoms with E-state index in [0.29, 0.717) is 17.0 Å². The lowest BCUT2D eigenvalue weighted by Gasteiger charge is -2.24. The molecule has 10 heteroatoms. The molecule has 2 atom stereocenters. The average molecular weight is 528 g/mol. The quantitative estimate of drug-likeness (QED) is 0.296. The summed E-state index contributed by atoms with van der Waals surface area (Å²) >= 11 is 1.34. The first-order valence-electron chi connectivity index (χ1n) is 11.9. The smallest absolute Gasteiger partial charge is 0.305 e. The zero-order valence-corrected chi connectivity index (χ0v) is 22.0. The first-order valence-corrected chi connectivity index (χ1v) is 13.0. The largest absolute Gasteiger partial charge is 0.481 e. The number of thioether (sulfide) groups is 1. The van der Waals surface area contributed by atoms with Crippen molar-refractivity contribution in [2.75, 3.05) is 11.1 Å². The van der Waals surface area contributed by atoms with Crippen LogP contribution in [0.15, 0.2) is 54.6 Å². The van der Waals surface area contributed by atoms with Gasteiger partial charge in [-0.15, -0.1) is 11.8 Å². The highest BCUT2D eigenvalue weighted by atomic mass is 32.2. The molecule has 9 nitrogen and oxygen atoms in total. The maximum absolute atomic E-state index is 13.0. The van der Waals surface area contributed by atoms with Crippen LogP contribution in [0.25, 0.3) is 0 Å². The number of ketones is 1. The van der Waals surface area contributed by atoms with Gasteiger partial charge in [0, 0.05) is 18.4 Å². The zero-order valence-electron chi connectivity index (χ0n) is 21.2. The lowest BCUT2D eigenvalue weighted by molar-refractivity contribution is -0.140. The third kappa shape index (κ3) is 10.9. The van der Waals surface area contributed by atoms with Crippen LogP contribution in [-0.4, -0.2) is 52.4 Å². The van der Waals surface area contributed by atoms with Gasteiger partial charge >= 0.3 is 5.97 Å². The molecule has 0 heterocycles. The number of rotatable bonds is 14. The molecule has 0 fully saturated rings. The Bertz CT molecular complexity index is 1110. The number of carbonyl (C=O) groups excluding carboxylic acids is 4. The Morgan fingerprint density at radius 2 is 1.59 bits per heavy atom. The van der Waals surface area contributed by atoms with Gasteiger partial charge < -0.3 is 21.1 Å². The normalized spacial score (nSPS) is 12.3. The third-order valence-electron chi connectivity index (χ3n) is 5.32. The van der Waals surface area contributed by atoms with Crippen LogP contribution < -0.4 is 16.0 Å². The highest BCUT2D eigenvalue weighted by Crippen LogP contribution is 2.14. The molecule has 2 aromatic rings. The predicted molar refractivity (Wildman–Crippen MR) is 143 cm³/mol. The van der Waals surface area contributed by atoms with E-state index in [1.54, 1.807) is 38.1 Å². The van der Waals surface area contributed by atoms with Gasteiger partial charge in [0.05, 0.1) is 24.6 Å². The molecule has 37 heavy (non-hydrogen) atoms. The highest BCUT2D eigenvalue weighted by Gasteiger charge is 2.30. The van der Waals surface area contributed by atoms with Crippen LogP contribution in [0.1, 0.15) is 38.3 Å². The molecule has 1 unspecified atom stereocenters. The molecule has 0 aromatic heterocycles. The monoisotopic (exact) mass is 527 g/mol. The maximum Gasteiger partial charge on any atom is 0.305 e. The summed E-state index contributed by atoms with van der Waals surface area (Å²) < 4.78 is 0. The van der Waals surface area contributed by atoms with Crippen LogP contribution in [0.4, 0.5) is 5.69 Å². The van der Waals surface area contributed by atoms with Gasteiger partial charge in [-0.3, -0.25) is 24.0 Å². The highest BCUT2D eigenvalue weighted by molar-refractivity contribution is 7.99. The van der Waals surface area contributed by atoms with E-state index in [1.807, 2.05) is 30.3 Å². The summed E-state index contributed by atoms with van der Waals surface area (Å²) in [5, 5.41) is 17.1. The first-order chi connectivity index (χ1) is 17.5. The van der Waals surface area contributed by atoms with Crippen molar-refractivity contribution < 1.29 is 29.1 Å². The van der Waals surface area contributed by atoms with Crippen LogP contribution in [0, 0.1) is 5.92 Å². The number of carboxylic acids is 1. The van der Waals surface area contributed by atoms with Gasteiger partial charge in [0.15, 0.2) is 5.78 Å². The van der Waals surface area contributed by atoms with Crippen molar-refractivity contribution in [2.45, 2.75) is 51.4 Å². The number of nitrogens with one attached hydrogen (secondary N) is 3. The van der Waals surface area contributed by atoms with Crippen molar-refractivity contribution in [1.82, 2.24) is 10.6 Å². The van der Waals surface area contributed by atoms with E-state index in [9.17, 15) is 29.1 Å². The standard InChI is InChI=1S/C27H33N3O6S/c1-17(2)26(30-24(33)13-20-10-7-11-21(12-20)28-18(3)31)27(36)29-22(14-25(34)35)23(32)16-37-15-19-8-5-4-6-9-19/h4-12,17,22,26H,13-16H2,1-3H3,(H,28,31)(H,29,36)(H,30,33)(H,34,35)/t22?,26-/m0/s1. The van der Waals surface area contributed by atoms with Gasteiger partial charge in [-0.1, -0.05) is 56.3 Å². The fourth-order valence-corrected chi connectivity index (χ4v) is 4.47. The fourth-order valence-electron chi connectivity index (χ4n) is 3.53. The summed E-state index contributed by atoms with van der Waals surface area (Å²) in [5.74, 6) is -2.60. The van der Waals surface area contributed by atoms with Crippen molar-refractivity contribution in [3.05, 3.63) is 65.7 Å². The molecule has 4 N–H and O–H groups in total. The lowest BCUT2D eigenvalue weighted by atomic mass is 10.0. The van der Waals surface area contributed by atoms with E-state index in [4.69, 9.17) is 0 Å². The van der Waals surface area contributed by atoms with Crippen molar-refractivity contribution in [1.29, 1.82) is 0 Å². The molecule has 0 saturated heterocycles. The van der Waals surface area contributed by atoms with E-state index in [2.05, 4.69) is 16.0 Å². The second-order valence-corrected chi connectivity index (χ2v) is 9.94. The Morgan fingerprint density at radius 3 is 2.22 bits per heavy atom. The first kappa shape index (κ1) is 29.6. The Morgan fingerprint density at radius 1 is 0.919 bits per heavy atom. The molecule has 0 spiro atoms. The lowest BCUT2D eigenvalue weighted by Crippen LogP contribution is -2.54. The fraction of sp³-hybridized carbons (Fsp3) is 0.370. The van der Waals surface area contributed by atoms with Crippen LogP contribution >= 0.6 is 11.8 Å². The van der Waals surface area contributed by atoms with Crippen molar-refractivity contribution in [2.24, 2.45) is 5.92 Å². The third-order valence-corrected chi connectivity index (χ3v) is 6.34. The summed E-state index contributed by atoms with van der Waals surface area (Å²) in [6, 6.07) is 14.2. The topological polar surface area (TPSA) is 142 Å². The molecule has 2 aromatic carbocycles. The summed E-state index contributed by atoms with van der Waals surface area (Å²) in [4.78, 5) is 61.1. The number of anilines is 1. The predicted octanol–water partition coefficient (Wildman–Crippen LogP) is 2.79. The Kier molecular flexibility index (Phi) is 11.8. The van der Waals surface area contributed by atoms with Crippen LogP contribution in [0.5, 0.6) is 0 Å². The molecule has 0 bridgehead atoms. The van der Waals surface area contributed by atoms with Crippen molar-refractivity contribution >= 4 is 46.9 Å². The second-order valence-electron chi connectivity index (χ2n) is 8.95. The van der Waals surface area contributed by atoms with Gasteiger partial charge in [-0.2, -0.15) is 0 Å². The van der Waals surface area contributed by atoms with E-state index >= 15 is 0 Å². The van der Waals surface area contributed by atoms with E-state index in [1.165, 1.54) is 18.7 Å². The van der Waals surface area contributed by atoms with Gasteiger partial charge in [0.1, 0.15) is 6.04 Å². The maximum atomic E-state index is 13.0. The van der Waals surface area contributed by atoms with Gasteiger partial charge in [-0.25, -0.2) is 0 Å². The molecular formula is C27H33N3O6S. The van der Waals surface area contributed by atoms with Gasteiger partial charge in [0.2, 0.25) is 17.7 Å². The molecule has 198 valence electrons. The van der Waals surface area contributed by atoms with Crippen molar-refractivity contribution in [3.8, 4) is 0 Å². The Balaban J connectivity index is 2.00. The van der Waals surface area contributed by atoms with Gasteiger partial charge in [0.25, 0.3) is 0 Å². The molecule has 0 aliphatic carbocycles. The summed E-state index contributed by atoms with van der Waals surface area (Å²) in [5.41, 5.74) is 2.22. The molecule has 0 radical (unpaired) electrons. The summed E-state index contributed by atoms with van der Waals surface area (Å²) in [6.45, 7) is 4.87. The van der Waals surface area contributed by atoms with Crippen molar-refractivity contribution in [3.63, 3.8) is 0 Å². The number of Topliss-reactive ketones (excluding diaryl/α,β-unsaturated/α-hetero) is 1. The molecule has 0 aliphatic rings. The van der Waals surface area contributed by atoms with E-state index < -0.39 is 42.1 Å². The number of amides is 3. The van der Waals surface area contributed by atoms with Crippen LogP contribution in [0.2, 0.25) is 0 Å². The molecule has 3 amide bonds. The van der Waals surface area contributed by atoms with Crippen LogP contribution in [-0.2, 0) is 36.1 Å². The number of hydrogen-bond acceptors (Lipinski definition) is 6. The van der Waals surface area contributed by atoms with Crippen LogP contribution in [0.3, 0.4) is 0 Å². The molecular weight excluding hydrogens is 494 g/mol. The zero-order chi connectivity index (χ0) is 27.4.